The maximum Gasteiger partial charge on any atom is 0.410 e. The number of H-pyrrole nitrogens is 1. The Morgan fingerprint density at radius 1 is 0.849 bits per heavy atom. The van der Waals surface area contributed by atoms with Crippen molar-refractivity contribution in [1.82, 2.24) is 24.6 Å². The van der Waals surface area contributed by atoms with E-state index < -0.39 is 18.2 Å². The number of pyridine rings is 1. The van der Waals surface area contributed by atoms with E-state index in [-0.39, 0.29) is 36.5 Å². The number of nitrogens with zero attached hydrogens (tertiary/aromatic N) is 4. The fourth-order valence-electron chi connectivity index (χ4n) is 8.90. The van der Waals surface area contributed by atoms with Gasteiger partial charge in [-0.25, -0.2) is 9.59 Å². The van der Waals surface area contributed by atoms with Crippen LogP contribution in [0.3, 0.4) is 0 Å². The number of urea groups is 1. The van der Waals surface area contributed by atoms with Gasteiger partial charge in [0.05, 0.1) is 12.1 Å². The third kappa shape index (κ3) is 8.51. The minimum absolute atomic E-state index is 0.0106. The number of fused-ring (bicyclic) bond motifs is 2. The third-order valence-electron chi connectivity index (χ3n) is 11.8. The maximum absolute atomic E-state index is 14.2. The summed E-state index contributed by atoms with van der Waals surface area (Å²) in [4.78, 5) is 74.5. The number of benzene rings is 2. The van der Waals surface area contributed by atoms with Crippen molar-refractivity contribution in [2.75, 3.05) is 57.7 Å². The number of carboxylic acids is 1. The molecule has 0 unspecified atom stereocenters. The van der Waals surface area contributed by atoms with Crippen LogP contribution in [0.2, 0.25) is 0 Å². The predicted molar refractivity (Wildman–Crippen MR) is 200 cm³/mol. The molecule has 13 nitrogen and oxygen atoms in total. The van der Waals surface area contributed by atoms with Crippen molar-refractivity contribution in [3.05, 3.63) is 75.6 Å². The number of piperidine rings is 3. The third-order valence-corrected chi connectivity index (χ3v) is 11.8. The van der Waals surface area contributed by atoms with E-state index in [0.717, 1.165) is 78.5 Å². The smallest absolute Gasteiger partial charge is 0.410 e. The van der Waals surface area contributed by atoms with Gasteiger partial charge in [-0.2, -0.15) is 0 Å². The number of aryl methyl sites for hydroxylation is 1. The van der Waals surface area contributed by atoms with Gasteiger partial charge >= 0.3 is 18.1 Å². The number of amides is 4. The highest BCUT2D eigenvalue weighted by Crippen LogP contribution is 2.33. The first-order valence-electron chi connectivity index (χ1n) is 19.1. The van der Waals surface area contributed by atoms with E-state index in [9.17, 15) is 24.0 Å². The van der Waals surface area contributed by atoms with E-state index in [1.54, 1.807) is 11.0 Å². The number of aromatic amines is 1. The molecule has 1 atom stereocenters. The Hall–Kier alpha value is -4.91. The highest BCUT2D eigenvalue weighted by Gasteiger charge is 2.37. The molecule has 0 spiro atoms. The van der Waals surface area contributed by atoms with Gasteiger partial charge in [0, 0.05) is 56.9 Å². The number of nitrogens with one attached hydrogen (secondary N) is 2. The molecule has 7 rings (SSSR count). The molecule has 282 valence electrons. The fourth-order valence-corrected chi connectivity index (χ4v) is 8.90. The first-order chi connectivity index (χ1) is 25.6. The number of hydrogen-bond donors (Lipinski definition) is 3. The predicted octanol–water partition coefficient (Wildman–Crippen LogP) is 4.47. The molecule has 2 aromatic carbocycles. The van der Waals surface area contributed by atoms with Crippen LogP contribution in [0.4, 0.5) is 15.3 Å². The molecule has 4 aliphatic heterocycles. The van der Waals surface area contributed by atoms with Crippen molar-refractivity contribution in [3.63, 3.8) is 0 Å². The van der Waals surface area contributed by atoms with Crippen LogP contribution in [0.25, 0.3) is 10.9 Å². The summed E-state index contributed by atoms with van der Waals surface area (Å²) in [5.74, 6) is -0.0177. The van der Waals surface area contributed by atoms with Gasteiger partial charge in [-0.15, -0.1) is 0 Å². The van der Waals surface area contributed by atoms with Crippen LogP contribution < -0.4 is 10.9 Å². The molecule has 5 heterocycles. The number of ether oxygens (including phenoxy) is 1. The van der Waals surface area contributed by atoms with Gasteiger partial charge in [-0.3, -0.25) is 19.3 Å². The Morgan fingerprint density at radius 3 is 2.25 bits per heavy atom. The van der Waals surface area contributed by atoms with Gasteiger partial charge in [-0.05, 0) is 117 Å². The van der Waals surface area contributed by atoms with Gasteiger partial charge < -0.3 is 34.8 Å². The van der Waals surface area contributed by atoms with Crippen LogP contribution in [-0.4, -0.2) is 118 Å². The molecule has 0 radical (unpaired) electrons. The second-order valence-corrected chi connectivity index (χ2v) is 15.2. The zero-order valence-corrected chi connectivity index (χ0v) is 30.4. The van der Waals surface area contributed by atoms with Crippen LogP contribution in [-0.2, 0) is 27.2 Å². The lowest BCUT2D eigenvalue weighted by molar-refractivity contribution is -0.142. The standard InChI is InChI=1S/C40H50N6O7/c1-26-22-27(23-31-6-7-35(47)42-37(26)31)24-34(38(50)44-17-10-29(11-18-44)28-8-15-43(16-9-28)25-36(48)49)53-40(52)45-19-13-32(14-20-45)46-21-12-30-4-2-3-5-33(30)41-39(46)51/h2-7,22-23,28-29,32,34H,8-21,24-25H2,1H3,(H,41,51)(H,42,47)(H,48,49)/t34-/m1/s1. The number of carbonyl (C=O) groups excluding carboxylic acids is 3. The zero-order chi connectivity index (χ0) is 37.1. The van der Waals surface area contributed by atoms with Crippen molar-refractivity contribution < 1.29 is 29.0 Å². The molecular weight excluding hydrogens is 676 g/mol. The van der Waals surface area contributed by atoms with E-state index in [2.05, 4.69) is 10.3 Å². The molecule has 0 aliphatic carbocycles. The number of carboxylic acid groups (broad SMARTS) is 1. The minimum Gasteiger partial charge on any atom is -0.480 e. The van der Waals surface area contributed by atoms with Crippen molar-refractivity contribution in [2.45, 2.75) is 70.4 Å². The van der Waals surface area contributed by atoms with Crippen LogP contribution in [0, 0.1) is 18.8 Å². The number of hydrogen-bond acceptors (Lipinski definition) is 7. The lowest BCUT2D eigenvalue weighted by atomic mass is 9.78. The summed E-state index contributed by atoms with van der Waals surface area (Å²) in [5.41, 5.74) is 4.21. The molecule has 0 bridgehead atoms. The van der Waals surface area contributed by atoms with Crippen molar-refractivity contribution in [3.8, 4) is 0 Å². The minimum atomic E-state index is -1.02. The van der Waals surface area contributed by atoms with Crippen LogP contribution in [0.1, 0.15) is 55.2 Å². The summed E-state index contributed by atoms with van der Waals surface area (Å²) in [5, 5.41) is 13.0. The highest BCUT2D eigenvalue weighted by atomic mass is 16.6. The van der Waals surface area contributed by atoms with Crippen LogP contribution in [0.15, 0.2) is 53.3 Å². The molecule has 1 aromatic heterocycles. The summed E-state index contributed by atoms with van der Waals surface area (Å²) in [6, 6.07) is 14.8. The van der Waals surface area contributed by atoms with Crippen LogP contribution in [0.5, 0.6) is 0 Å². The molecule has 53 heavy (non-hydrogen) atoms. The van der Waals surface area contributed by atoms with E-state index >= 15 is 0 Å². The molecule has 3 N–H and O–H groups in total. The zero-order valence-electron chi connectivity index (χ0n) is 30.4. The molecule has 4 amide bonds. The molecule has 3 saturated heterocycles. The summed E-state index contributed by atoms with van der Waals surface area (Å²) >= 11 is 0. The summed E-state index contributed by atoms with van der Waals surface area (Å²) < 4.78 is 6.12. The Kier molecular flexibility index (Phi) is 11.0. The van der Waals surface area contributed by atoms with Crippen LogP contribution >= 0.6 is 0 Å². The summed E-state index contributed by atoms with van der Waals surface area (Å²) in [6.07, 6.45) is 4.29. The summed E-state index contributed by atoms with van der Waals surface area (Å²) in [6.45, 7) is 6.16. The molecular formula is C40H50N6O7. The highest BCUT2D eigenvalue weighted by molar-refractivity contribution is 5.91. The number of anilines is 1. The number of likely N-dealkylation sites (tertiary alicyclic amines) is 3. The van der Waals surface area contributed by atoms with Crippen molar-refractivity contribution in [1.29, 1.82) is 0 Å². The second kappa shape index (κ2) is 16.0. The SMILES string of the molecule is Cc1cc(C[C@@H](OC(=O)N2CCC(N3CCc4ccccc4NC3=O)CC2)C(=O)N2CCC(C3CCN(CC(=O)O)CC3)CC2)cc2ccc(=O)[nH]c12. The van der Waals surface area contributed by atoms with Gasteiger partial charge in [0.25, 0.3) is 5.91 Å². The lowest BCUT2D eigenvalue weighted by Gasteiger charge is -2.41. The average Bonchev–Trinajstić information content (AvgIpc) is 3.33. The van der Waals surface area contributed by atoms with E-state index in [4.69, 9.17) is 9.84 Å². The van der Waals surface area contributed by atoms with E-state index in [1.807, 2.05) is 58.0 Å². The van der Waals surface area contributed by atoms with Crippen molar-refractivity contribution in [2.24, 2.45) is 11.8 Å². The Morgan fingerprint density at radius 2 is 1.53 bits per heavy atom. The Bertz CT molecular complexity index is 1890. The first kappa shape index (κ1) is 36.4. The number of carbonyl (C=O) groups is 4. The first-order valence-corrected chi connectivity index (χ1v) is 19.1. The molecule has 3 fully saturated rings. The topological polar surface area (TPSA) is 156 Å². The molecule has 4 aliphatic rings. The van der Waals surface area contributed by atoms with Gasteiger partial charge in [0.1, 0.15) is 0 Å². The number of aliphatic carboxylic acids is 1. The monoisotopic (exact) mass is 726 g/mol. The van der Waals surface area contributed by atoms with Gasteiger partial charge in [0.2, 0.25) is 5.56 Å². The molecule has 13 heteroatoms. The largest absolute Gasteiger partial charge is 0.480 e. The fraction of sp³-hybridized carbons (Fsp3) is 0.525. The average molecular weight is 727 g/mol. The number of aromatic nitrogens is 1. The molecule has 0 saturated carbocycles. The van der Waals surface area contributed by atoms with Crippen molar-refractivity contribution >= 4 is 40.6 Å². The van der Waals surface area contributed by atoms with E-state index in [0.29, 0.717) is 57.4 Å². The normalized spacial score (nSPS) is 20.1. The second-order valence-electron chi connectivity index (χ2n) is 15.2. The Balaban J connectivity index is 0.999. The number of para-hydroxylation sites is 1. The Labute approximate surface area is 309 Å². The van der Waals surface area contributed by atoms with E-state index in [1.165, 1.54) is 6.07 Å². The quantitative estimate of drug-likeness (QED) is 0.307. The summed E-state index contributed by atoms with van der Waals surface area (Å²) in [7, 11) is 0. The van der Waals surface area contributed by atoms with Gasteiger partial charge in [-0.1, -0.05) is 24.3 Å². The maximum atomic E-state index is 14.2. The lowest BCUT2D eigenvalue weighted by Crippen LogP contribution is -2.52. The molecule has 3 aromatic rings. The number of rotatable bonds is 8. The van der Waals surface area contributed by atoms with Gasteiger partial charge in [0.15, 0.2) is 6.10 Å².